The highest BCUT2D eigenvalue weighted by Gasteiger charge is 2.06. The quantitative estimate of drug-likeness (QED) is 0.890. The predicted molar refractivity (Wildman–Crippen MR) is 74.4 cm³/mol. The molecule has 2 rings (SSSR count). The smallest absolute Gasteiger partial charge is 0.134 e. The van der Waals surface area contributed by atoms with E-state index in [9.17, 15) is 4.39 Å². The van der Waals surface area contributed by atoms with E-state index in [0.717, 1.165) is 11.1 Å². The number of nitrogens with two attached hydrogens (primary N) is 1. The first-order valence-electron chi connectivity index (χ1n) is 6.05. The van der Waals surface area contributed by atoms with Gasteiger partial charge in [-0.3, -0.25) is 0 Å². The van der Waals surface area contributed by atoms with Gasteiger partial charge in [-0.1, -0.05) is 12.1 Å². The number of nitrogens with zero attached hydrogens (tertiary/aromatic N) is 2. The van der Waals surface area contributed by atoms with Crippen molar-refractivity contribution < 1.29 is 4.39 Å². The van der Waals surface area contributed by atoms with Crippen LogP contribution in [-0.2, 0) is 6.54 Å². The van der Waals surface area contributed by atoms with E-state index in [1.165, 1.54) is 6.33 Å². The van der Waals surface area contributed by atoms with Crippen molar-refractivity contribution in [1.29, 1.82) is 0 Å². The SMILES string of the molecule is Cc1cc(CNc2ncnc(N)c2C)cc(C)c1F. The van der Waals surface area contributed by atoms with Gasteiger partial charge in [0.1, 0.15) is 23.8 Å². The molecule has 0 saturated carbocycles. The molecule has 0 radical (unpaired) electrons. The lowest BCUT2D eigenvalue weighted by Crippen LogP contribution is -2.07. The average molecular weight is 260 g/mol. The molecule has 4 nitrogen and oxygen atoms in total. The Hall–Kier alpha value is -2.17. The number of hydrogen-bond donors (Lipinski definition) is 2. The Kier molecular flexibility index (Phi) is 3.64. The number of benzene rings is 1. The third-order valence-electron chi connectivity index (χ3n) is 3.08. The van der Waals surface area contributed by atoms with Crippen molar-refractivity contribution >= 4 is 11.6 Å². The van der Waals surface area contributed by atoms with Crippen LogP contribution in [-0.4, -0.2) is 9.97 Å². The van der Waals surface area contributed by atoms with Crippen LogP contribution < -0.4 is 11.1 Å². The van der Waals surface area contributed by atoms with E-state index in [0.29, 0.717) is 29.3 Å². The number of aryl methyl sites for hydroxylation is 2. The lowest BCUT2D eigenvalue weighted by Gasteiger charge is -2.11. The molecule has 0 amide bonds. The van der Waals surface area contributed by atoms with Gasteiger partial charge in [-0.05, 0) is 37.5 Å². The number of nitrogen functional groups attached to an aromatic ring is 1. The zero-order chi connectivity index (χ0) is 14.0. The van der Waals surface area contributed by atoms with E-state index in [1.54, 1.807) is 13.8 Å². The minimum absolute atomic E-state index is 0.147. The fourth-order valence-electron chi connectivity index (χ4n) is 1.97. The van der Waals surface area contributed by atoms with Gasteiger partial charge in [-0.2, -0.15) is 0 Å². The summed E-state index contributed by atoms with van der Waals surface area (Å²) in [7, 11) is 0. The molecule has 2 aromatic rings. The molecule has 0 bridgehead atoms. The maximum absolute atomic E-state index is 13.5. The first-order chi connectivity index (χ1) is 8.99. The summed E-state index contributed by atoms with van der Waals surface area (Å²) in [5.74, 6) is 1.02. The predicted octanol–water partition coefficient (Wildman–Crippen LogP) is 2.74. The molecule has 0 aliphatic carbocycles. The van der Waals surface area contributed by atoms with Crippen molar-refractivity contribution in [1.82, 2.24) is 9.97 Å². The second kappa shape index (κ2) is 5.22. The summed E-state index contributed by atoms with van der Waals surface area (Å²) in [5.41, 5.74) is 8.84. The molecule has 0 aliphatic rings. The molecule has 1 heterocycles. The molecule has 5 heteroatoms. The van der Waals surface area contributed by atoms with E-state index in [2.05, 4.69) is 15.3 Å². The second-order valence-corrected chi connectivity index (χ2v) is 4.63. The molecular weight excluding hydrogens is 243 g/mol. The molecule has 1 aromatic heterocycles. The Morgan fingerprint density at radius 2 is 1.79 bits per heavy atom. The summed E-state index contributed by atoms with van der Waals surface area (Å²) < 4.78 is 13.5. The normalized spacial score (nSPS) is 10.5. The highest BCUT2D eigenvalue weighted by atomic mass is 19.1. The van der Waals surface area contributed by atoms with Crippen molar-refractivity contribution in [3.05, 3.63) is 46.5 Å². The Labute approximate surface area is 111 Å². The minimum Gasteiger partial charge on any atom is -0.383 e. The van der Waals surface area contributed by atoms with Gasteiger partial charge in [-0.15, -0.1) is 0 Å². The molecule has 0 unspecified atom stereocenters. The van der Waals surface area contributed by atoms with Gasteiger partial charge in [0.05, 0.1) is 0 Å². The van der Waals surface area contributed by atoms with Gasteiger partial charge >= 0.3 is 0 Å². The molecule has 0 atom stereocenters. The fourth-order valence-corrected chi connectivity index (χ4v) is 1.97. The standard InChI is InChI=1S/C14H17FN4/c1-8-4-11(5-9(2)12(8)15)6-17-14-10(3)13(16)18-7-19-14/h4-5,7H,6H2,1-3H3,(H3,16,17,18,19). The zero-order valence-corrected chi connectivity index (χ0v) is 11.3. The minimum atomic E-state index is -0.147. The van der Waals surface area contributed by atoms with Crippen molar-refractivity contribution in [2.75, 3.05) is 11.1 Å². The largest absolute Gasteiger partial charge is 0.383 e. The van der Waals surface area contributed by atoms with Crippen LogP contribution in [0.4, 0.5) is 16.0 Å². The van der Waals surface area contributed by atoms with E-state index in [-0.39, 0.29) is 5.82 Å². The molecular formula is C14H17FN4. The monoisotopic (exact) mass is 260 g/mol. The topological polar surface area (TPSA) is 63.8 Å². The summed E-state index contributed by atoms with van der Waals surface area (Å²) in [6, 6.07) is 3.66. The Bertz CT molecular complexity index is 587. The lowest BCUT2D eigenvalue weighted by molar-refractivity contribution is 0.608. The van der Waals surface area contributed by atoms with Gasteiger partial charge in [0, 0.05) is 12.1 Å². The number of aromatic nitrogens is 2. The summed E-state index contributed by atoms with van der Waals surface area (Å²) in [5, 5.41) is 3.19. The Morgan fingerprint density at radius 3 is 2.42 bits per heavy atom. The number of nitrogens with one attached hydrogen (secondary N) is 1. The lowest BCUT2D eigenvalue weighted by atomic mass is 10.1. The maximum Gasteiger partial charge on any atom is 0.134 e. The van der Waals surface area contributed by atoms with Crippen LogP contribution in [0.3, 0.4) is 0 Å². The summed E-state index contributed by atoms with van der Waals surface area (Å²) in [4.78, 5) is 8.05. The van der Waals surface area contributed by atoms with Gasteiger partial charge in [0.2, 0.25) is 0 Å². The van der Waals surface area contributed by atoms with Gasteiger partial charge < -0.3 is 11.1 Å². The van der Waals surface area contributed by atoms with E-state index in [4.69, 9.17) is 5.73 Å². The third kappa shape index (κ3) is 2.81. The molecule has 0 spiro atoms. The summed E-state index contributed by atoms with van der Waals surface area (Å²) >= 11 is 0. The number of rotatable bonds is 3. The Balaban J connectivity index is 2.17. The number of hydrogen-bond acceptors (Lipinski definition) is 4. The van der Waals surface area contributed by atoms with Crippen LogP contribution in [0.15, 0.2) is 18.5 Å². The van der Waals surface area contributed by atoms with Crippen LogP contribution >= 0.6 is 0 Å². The summed E-state index contributed by atoms with van der Waals surface area (Å²) in [6.45, 7) is 5.96. The fraction of sp³-hybridized carbons (Fsp3) is 0.286. The van der Waals surface area contributed by atoms with Gasteiger partial charge in [-0.25, -0.2) is 14.4 Å². The van der Waals surface area contributed by atoms with E-state index >= 15 is 0 Å². The van der Waals surface area contributed by atoms with Crippen molar-refractivity contribution in [2.45, 2.75) is 27.3 Å². The molecule has 100 valence electrons. The highest BCUT2D eigenvalue weighted by molar-refractivity contribution is 5.54. The molecule has 3 N–H and O–H groups in total. The zero-order valence-electron chi connectivity index (χ0n) is 11.3. The van der Waals surface area contributed by atoms with Crippen LogP contribution in [0.1, 0.15) is 22.3 Å². The van der Waals surface area contributed by atoms with Crippen LogP contribution in [0, 0.1) is 26.6 Å². The van der Waals surface area contributed by atoms with Crippen molar-refractivity contribution in [3.63, 3.8) is 0 Å². The third-order valence-corrected chi connectivity index (χ3v) is 3.08. The molecule has 0 aliphatic heterocycles. The first kappa shape index (κ1) is 13.3. The molecule has 1 aromatic carbocycles. The van der Waals surface area contributed by atoms with Crippen LogP contribution in [0.5, 0.6) is 0 Å². The van der Waals surface area contributed by atoms with Crippen molar-refractivity contribution in [3.8, 4) is 0 Å². The van der Waals surface area contributed by atoms with Gasteiger partial charge in [0.25, 0.3) is 0 Å². The molecule has 19 heavy (non-hydrogen) atoms. The molecule has 0 fully saturated rings. The highest BCUT2D eigenvalue weighted by Crippen LogP contribution is 2.18. The molecule has 0 saturated heterocycles. The Morgan fingerprint density at radius 1 is 1.16 bits per heavy atom. The van der Waals surface area contributed by atoms with Crippen LogP contribution in [0.25, 0.3) is 0 Å². The maximum atomic E-state index is 13.5. The number of anilines is 2. The first-order valence-corrected chi connectivity index (χ1v) is 6.05. The summed E-state index contributed by atoms with van der Waals surface area (Å²) in [6.07, 6.45) is 1.42. The second-order valence-electron chi connectivity index (χ2n) is 4.63. The van der Waals surface area contributed by atoms with Crippen LogP contribution in [0.2, 0.25) is 0 Å². The van der Waals surface area contributed by atoms with Gasteiger partial charge in [0.15, 0.2) is 0 Å². The number of halogens is 1. The van der Waals surface area contributed by atoms with E-state index < -0.39 is 0 Å². The van der Waals surface area contributed by atoms with E-state index in [1.807, 2.05) is 19.1 Å². The average Bonchev–Trinajstić information content (AvgIpc) is 2.37. The van der Waals surface area contributed by atoms with Crippen molar-refractivity contribution in [2.24, 2.45) is 0 Å².